The van der Waals surface area contributed by atoms with Gasteiger partial charge in [0.15, 0.2) is 0 Å². The Morgan fingerprint density at radius 3 is 2.42 bits per heavy atom. The largest absolute Gasteiger partial charge is 0.400 e. The number of rotatable bonds is 4. The van der Waals surface area contributed by atoms with E-state index < -0.39 is 24.5 Å². The molecule has 3 nitrogen and oxygen atoms in total. The number of nitrogens with one attached hydrogen (secondary N) is 1. The molecular formula is C13H23F3N2O. The highest BCUT2D eigenvalue weighted by atomic mass is 19.4. The average molecular weight is 280 g/mol. The maximum atomic E-state index is 12.7. The quantitative estimate of drug-likeness (QED) is 0.613. The van der Waals surface area contributed by atoms with Gasteiger partial charge in [0.2, 0.25) is 0 Å². The molecule has 0 aromatic heterocycles. The van der Waals surface area contributed by atoms with Crippen LogP contribution in [0.25, 0.3) is 0 Å². The van der Waals surface area contributed by atoms with E-state index in [2.05, 4.69) is 20.8 Å². The summed E-state index contributed by atoms with van der Waals surface area (Å²) >= 11 is 0. The molecule has 0 aliphatic heterocycles. The van der Waals surface area contributed by atoms with Crippen LogP contribution in [0.5, 0.6) is 0 Å². The third-order valence-electron chi connectivity index (χ3n) is 3.62. The van der Waals surface area contributed by atoms with Crippen molar-refractivity contribution in [3.05, 3.63) is 0 Å². The summed E-state index contributed by atoms with van der Waals surface area (Å²) in [6.45, 7) is 5.74. The summed E-state index contributed by atoms with van der Waals surface area (Å²) in [6, 6.07) is 0. The minimum atomic E-state index is -4.51. The van der Waals surface area contributed by atoms with Gasteiger partial charge in [-0.1, -0.05) is 20.8 Å². The number of amidine groups is 1. The van der Waals surface area contributed by atoms with Gasteiger partial charge < -0.3 is 10.5 Å². The molecule has 0 amide bonds. The van der Waals surface area contributed by atoms with Crippen LogP contribution < -0.4 is 5.73 Å². The second-order valence-electron chi connectivity index (χ2n) is 6.42. The van der Waals surface area contributed by atoms with Gasteiger partial charge in [-0.05, 0) is 30.6 Å². The van der Waals surface area contributed by atoms with Gasteiger partial charge in [0, 0.05) is 0 Å². The molecule has 112 valence electrons. The van der Waals surface area contributed by atoms with Crippen molar-refractivity contribution in [2.24, 2.45) is 23.0 Å². The molecule has 0 radical (unpaired) electrons. The Hall–Kier alpha value is -0.780. The summed E-state index contributed by atoms with van der Waals surface area (Å²) < 4.78 is 43.4. The Labute approximate surface area is 112 Å². The van der Waals surface area contributed by atoms with Gasteiger partial charge in [-0.3, -0.25) is 5.41 Å². The van der Waals surface area contributed by atoms with Crippen molar-refractivity contribution in [3.63, 3.8) is 0 Å². The molecular weight excluding hydrogens is 257 g/mol. The van der Waals surface area contributed by atoms with Crippen molar-refractivity contribution in [2.45, 2.75) is 52.3 Å². The van der Waals surface area contributed by atoms with Gasteiger partial charge in [-0.15, -0.1) is 0 Å². The van der Waals surface area contributed by atoms with Crippen LogP contribution in [0, 0.1) is 22.7 Å². The zero-order valence-electron chi connectivity index (χ0n) is 11.7. The second kappa shape index (κ2) is 5.69. The van der Waals surface area contributed by atoms with E-state index in [0.717, 1.165) is 19.3 Å². The zero-order valence-corrected chi connectivity index (χ0v) is 11.7. The molecule has 0 aromatic rings. The molecule has 1 aliphatic rings. The topological polar surface area (TPSA) is 59.1 Å². The number of hydrogen-bond acceptors (Lipinski definition) is 2. The fourth-order valence-corrected chi connectivity index (χ4v) is 2.98. The molecule has 19 heavy (non-hydrogen) atoms. The van der Waals surface area contributed by atoms with Crippen molar-refractivity contribution >= 4 is 5.84 Å². The molecule has 1 fully saturated rings. The molecule has 3 unspecified atom stereocenters. The van der Waals surface area contributed by atoms with Crippen LogP contribution in [0.4, 0.5) is 13.2 Å². The van der Waals surface area contributed by atoms with E-state index in [4.69, 9.17) is 15.9 Å². The van der Waals surface area contributed by atoms with Gasteiger partial charge in [0.05, 0.1) is 12.7 Å². The van der Waals surface area contributed by atoms with Crippen LogP contribution in [0.1, 0.15) is 40.0 Å². The summed E-state index contributed by atoms with van der Waals surface area (Å²) in [5, 5.41) is 7.02. The fourth-order valence-electron chi connectivity index (χ4n) is 2.98. The normalized spacial score (nSPS) is 28.9. The Kier molecular flexibility index (Phi) is 4.87. The zero-order chi connectivity index (χ0) is 14.8. The van der Waals surface area contributed by atoms with E-state index in [-0.39, 0.29) is 11.5 Å². The minimum absolute atomic E-state index is 0.0896. The third kappa shape index (κ3) is 5.01. The molecule has 3 N–H and O–H groups in total. The Bertz CT molecular complexity index is 328. The first-order chi connectivity index (χ1) is 8.51. The maximum absolute atomic E-state index is 12.7. The first-order valence-electron chi connectivity index (χ1n) is 6.53. The standard InChI is InChI=1S/C13H23F3N2O/c1-8-4-9(6-12(2,3)5-8)19-7-10(11(17)18)13(14,15)16/h8-10H,4-7H2,1-3H3,(H3,17,18). The Balaban J connectivity index is 2.57. The van der Waals surface area contributed by atoms with Crippen LogP contribution in [0.2, 0.25) is 0 Å². The molecule has 0 spiro atoms. The Morgan fingerprint density at radius 1 is 1.42 bits per heavy atom. The number of hydrogen-bond donors (Lipinski definition) is 2. The SMILES string of the molecule is CC1CC(OCC(C(=N)N)C(F)(F)F)CC(C)(C)C1. The predicted molar refractivity (Wildman–Crippen MR) is 68.0 cm³/mol. The first kappa shape index (κ1) is 16.3. The van der Waals surface area contributed by atoms with E-state index in [9.17, 15) is 13.2 Å². The van der Waals surface area contributed by atoms with Crippen LogP contribution in [-0.2, 0) is 4.74 Å². The first-order valence-corrected chi connectivity index (χ1v) is 6.53. The molecule has 3 atom stereocenters. The summed E-state index contributed by atoms with van der Waals surface area (Å²) in [5.41, 5.74) is 5.09. The third-order valence-corrected chi connectivity index (χ3v) is 3.62. The van der Waals surface area contributed by atoms with Gasteiger partial charge in [-0.25, -0.2) is 0 Å². The summed E-state index contributed by atoms with van der Waals surface area (Å²) in [4.78, 5) is 0. The van der Waals surface area contributed by atoms with Gasteiger partial charge >= 0.3 is 6.18 Å². The molecule has 1 saturated carbocycles. The van der Waals surface area contributed by atoms with Crippen molar-refractivity contribution < 1.29 is 17.9 Å². The maximum Gasteiger partial charge on any atom is 0.400 e. The van der Waals surface area contributed by atoms with Gasteiger partial charge in [0.25, 0.3) is 0 Å². The molecule has 1 rings (SSSR count). The molecule has 6 heteroatoms. The monoisotopic (exact) mass is 280 g/mol. The van der Waals surface area contributed by atoms with E-state index >= 15 is 0 Å². The molecule has 0 bridgehead atoms. The highest BCUT2D eigenvalue weighted by molar-refractivity contribution is 5.80. The van der Waals surface area contributed by atoms with Crippen LogP contribution >= 0.6 is 0 Å². The average Bonchev–Trinajstić information content (AvgIpc) is 2.10. The molecule has 1 aliphatic carbocycles. The van der Waals surface area contributed by atoms with Gasteiger partial charge in [0.1, 0.15) is 11.8 Å². The predicted octanol–water partition coefficient (Wildman–Crippen LogP) is 3.33. The summed E-state index contributed by atoms with van der Waals surface area (Å²) in [5.74, 6) is -2.43. The Morgan fingerprint density at radius 2 is 2.00 bits per heavy atom. The lowest BCUT2D eigenvalue weighted by atomic mass is 9.71. The summed E-state index contributed by atoms with van der Waals surface area (Å²) in [7, 11) is 0. The van der Waals surface area contributed by atoms with Crippen LogP contribution in [0.3, 0.4) is 0 Å². The second-order valence-corrected chi connectivity index (χ2v) is 6.42. The number of alkyl halides is 3. The number of halogens is 3. The highest BCUT2D eigenvalue weighted by Gasteiger charge is 2.43. The lowest BCUT2D eigenvalue weighted by Crippen LogP contribution is -2.41. The lowest BCUT2D eigenvalue weighted by molar-refractivity contribution is -0.175. The molecule has 0 aromatic carbocycles. The van der Waals surface area contributed by atoms with Crippen molar-refractivity contribution in [1.82, 2.24) is 0 Å². The smallest absolute Gasteiger partial charge is 0.387 e. The van der Waals surface area contributed by atoms with Crippen LogP contribution in [0.15, 0.2) is 0 Å². The van der Waals surface area contributed by atoms with E-state index in [1.807, 2.05) is 0 Å². The van der Waals surface area contributed by atoms with Crippen molar-refractivity contribution in [2.75, 3.05) is 6.61 Å². The van der Waals surface area contributed by atoms with Crippen LogP contribution in [-0.4, -0.2) is 24.7 Å². The van der Waals surface area contributed by atoms with E-state index in [1.165, 1.54) is 0 Å². The van der Waals surface area contributed by atoms with Crippen molar-refractivity contribution in [1.29, 1.82) is 5.41 Å². The number of nitrogens with two attached hydrogens (primary N) is 1. The fraction of sp³-hybridized carbons (Fsp3) is 0.923. The molecule has 0 heterocycles. The highest BCUT2D eigenvalue weighted by Crippen LogP contribution is 2.40. The lowest BCUT2D eigenvalue weighted by Gasteiger charge is -2.39. The molecule has 0 saturated heterocycles. The van der Waals surface area contributed by atoms with E-state index in [1.54, 1.807) is 0 Å². The van der Waals surface area contributed by atoms with Crippen molar-refractivity contribution in [3.8, 4) is 0 Å². The number of ether oxygens (including phenoxy) is 1. The van der Waals surface area contributed by atoms with Gasteiger partial charge in [-0.2, -0.15) is 13.2 Å². The minimum Gasteiger partial charge on any atom is -0.387 e. The van der Waals surface area contributed by atoms with E-state index in [0.29, 0.717) is 5.92 Å². The summed E-state index contributed by atoms with van der Waals surface area (Å²) in [6.07, 6.45) is -2.11.